The summed E-state index contributed by atoms with van der Waals surface area (Å²) in [5.74, 6) is 0. The Bertz CT molecular complexity index is 1340. The maximum absolute atomic E-state index is 6.20. The van der Waals surface area contributed by atoms with E-state index in [2.05, 4.69) is 77.8 Å². The number of hydrogen-bond acceptors (Lipinski definition) is 2. The summed E-state index contributed by atoms with van der Waals surface area (Å²) in [6.07, 6.45) is 1.83. The fourth-order valence-electron chi connectivity index (χ4n) is 5.11. The third-order valence-electron chi connectivity index (χ3n) is 6.46. The number of rotatable bonds is 4. The molecule has 1 fully saturated rings. The Balaban J connectivity index is 1.69. The lowest BCUT2D eigenvalue weighted by Gasteiger charge is -2.28. The molecule has 0 bridgehead atoms. The molecule has 0 saturated carbocycles. The first-order chi connectivity index (χ1) is 16.3. The zero-order chi connectivity index (χ0) is 24.0. The normalized spacial score (nSPS) is 17.8. The van der Waals surface area contributed by atoms with E-state index in [4.69, 9.17) is 23.8 Å². The van der Waals surface area contributed by atoms with Gasteiger partial charge in [0.2, 0.25) is 0 Å². The fraction of sp³-hybridized carbons (Fsp3) is 0.214. The topological polar surface area (TPSA) is 33.1 Å². The first-order valence-electron chi connectivity index (χ1n) is 11.4. The summed E-state index contributed by atoms with van der Waals surface area (Å²) in [6.45, 7) is 8.64. The summed E-state index contributed by atoms with van der Waals surface area (Å²) in [4.78, 5) is 6.87. The number of nitrogens with one attached hydrogen (secondary N) is 1. The summed E-state index contributed by atoms with van der Waals surface area (Å²) >= 11 is 12.1. The molecule has 0 spiro atoms. The van der Waals surface area contributed by atoms with Gasteiger partial charge in [-0.1, -0.05) is 23.7 Å². The predicted octanol–water partition coefficient (Wildman–Crippen LogP) is 6.94. The minimum atomic E-state index is -0.0856. The Kier molecular flexibility index (Phi) is 5.92. The standard InChI is InChI=1S/C28H27ClN4S/c1-17-13-18(2)15-23(14-17)32-19(3)16-24(20(32)4)27-26(25-7-5-6-12-30-25)31-28(34)33(27)22-10-8-21(29)9-11-22/h5-16,26-27H,1-4H3,(H,31,34)/t26-,27-/m1/s1. The van der Waals surface area contributed by atoms with Crippen LogP contribution >= 0.6 is 23.8 Å². The molecule has 4 nitrogen and oxygen atoms in total. The third-order valence-corrected chi connectivity index (χ3v) is 7.02. The summed E-state index contributed by atoms with van der Waals surface area (Å²) in [7, 11) is 0. The minimum absolute atomic E-state index is 0.0607. The van der Waals surface area contributed by atoms with Gasteiger partial charge in [-0.15, -0.1) is 0 Å². The lowest BCUT2D eigenvalue weighted by Crippen LogP contribution is -2.29. The lowest BCUT2D eigenvalue weighted by atomic mass is 9.96. The molecule has 1 aliphatic heterocycles. The summed E-state index contributed by atoms with van der Waals surface area (Å²) in [6, 6.07) is 22.7. The highest BCUT2D eigenvalue weighted by molar-refractivity contribution is 7.80. The SMILES string of the molecule is Cc1cc(C)cc(-n2c(C)cc([C@@H]3[C@@H](c4ccccn4)NC(=S)N3c3ccc(Cl)cc3)c2C)c1. The van der Waals surface area contributed by atoms with Gasteiger partial charge in [-0.25, -0.2) is 0 Å². The van der Waals surface area contributed by atoms with Crippen molar-refractivity contribution in [1.29, 1.82) is 0 Å². The van der Waals surface area contributed by atoms with E-state index in [1.165, 1.54) is 33.8 Å². The number of anilines is 1. The van der Waals surface area contributed by atoms with Crippen molar-refractivity contribution in [2.24, 2.45) is 0 Å². The quantitative estimate of drug-likeness (QED) is 0.317. The van der Waals surface area contributed by atoms with Crippen molar-refractivity contribution >= 4 is 34.6 Å². The van der Waals surface area contributed by atoms with Crippen LogP contribution in [0.3, 0.4) is 0 Å². The number of halogens is 1. The number of thiocarbonyl (C=S) groups is 1. The van der Waals surface area contributed by atoms with Crippen molar-refractivity contribution in [3.63, 3.8) is 0 Å². The number of pyridine rings is 1. The van der Waals surface area contributed by atoms with Crippen molar-refractivity contribution in [3.05, 3.63) is 112 Å². The maximum atomic E-state index is 6.20. The van der Waals surface area contributed by atoms with Crippen molar-refractivity contribution in [1.82, 2.24) is 14.9 Å². The molecule has 1 N–H and O–H groups in total. The molecule has 0 amide bonds. The molecule has 0 radical (unpaired) electrons. The van der Waals surface area contributed by atoms with Gasteiger partial charge in [-0.05, 0) is 111 Å². The van der Waals surface area contributed by atoms with Crippen LogP contribution in [0.4, 0.5) is 5.69 Å². The second kappa shape index (κ2) is 8.90. The minimum Gasteiger partial charge on any atom is -0.351 e. The Labute approximate surface area is 211 Å². The molecule has 2 atom stereocenters. The molecule has 0 unspecified atom stereocenters. The van der Waals surface area contributed by atoms with Gasteiger partial charge in [0.25, 0.3) is 0 Å². The van der Waals surface area contributed by atoms with Gasteiger partial charge in [0.05, 0.1) is 17.8 Å². The van der Waals surface area contributed by atoms with E-state index in [1.807, 2.05) is 42.6 Å². The first kappa shape index (κ1) is 22.6. The van der Waals surface area contributed by atoms with Gasteiger partial charge in [0, 0.05) is 34.0 Å². The number of aromatic nitrogens is 2. The number of aryl methyl sites for hydroxylation is 3. The van der Waals surface area contributed by atoms with Crippen LogP contribution in [0.1, 0.15) is 45.9 Å². The Morgan fingerprint density at radius 2 is 1.59 bits per heavy atom. The maximum Gasteiger partial charge on any atom is 0.174 e. The van der Waals surface area contributed by atoms with Gasteiger partial charge in [-0.3, -0.25) is 4.98 Å². The van der Waals surface area contributed by atoms with E-state index >= 15 is 0 Å². The van der Waals surface area contributed by atoms with E-state index in [9.17, 15) is 0 Å². The van der Waals surface area contributed by atoms with Crippen LogP contribution in [-0.4, -0.2) is 14.7 Å². The van der Waals surface area contributed by atoms with Crippen LogP contribution < -0.4 is 10.2 Å². The molecule has 4 aromatic rings. The number of hydrogen-bond donors (Lipinski definition) is 1. The van der Waals surface area contributed by atoms with Crippen LogP contribution in [-0.2, 0) is 0 Å². The summed E-state index contributed by atoms with van der Waals surface area (Å²) in [5, 5.41) is 4.93. The molecule has 0 aliphatic carbocycles. The monoisotopic (exact) mass is 486 g/mol. The van der Waals surface area contributed by atoms with Crippen molar-refractivity contribution in [3.8, 4) is 5.69 Å². The molecule has 172 valence electrons. The van der Waals surface area contributed by atoms with E-state index in [0.29, 0.717) is 10.1 Å². The third kappa shape index (κ3) is 3.99. The van der Waals surface area contributed by atoms with Gasteiger partial charge < -0.3 is 14.8 Å². The zero-order valence-electron chi connectivity index (χ0n) is 19.7. The highest BCUT2D eigenvalue weighted by Gasteiger charge is 2.42. The average Bonchev–Trinajstić information content (AvgIpc) is 3.29. The molecule has 5 rings (SSSR count). The van der Waals surface area contributed by atoms with E-state index in [0.717, 1.165) is 11.4 Å². The molecule has 1 aliphatic rings. The van der Waals surface area contributed by atoms with Crippen molar-refractivity contribution in [2.45, 2.75) is 39.8 Å². The van der Waals surface area contributed by atoms with E-state index < -0.39 is 0 Å². The van der Waals surface area contributed by atoms with Crippen molar-refractivity contribution in [2.75, 3.05) is 4.90 Å². The van der Waals surface area contributed by atoms with Crippen molar-refractivity contribution < 1.29 is 0 Å². The van der Waals surface area contributed by atoms with Crippen LogP contribution in [0.25, 0.3) is 5.69 Å². The number of nitrogens with zero attached hydrogens (tertiary/aromatic N) is 3. The number of benzene rings is 2. The molecule has 3 heterocycles. The largest absolute Gasteiger partial charge is 0.351 e. The summed E-state index contributed by atoms with van der Waals surface area (Å²) < 4.78 is 2.34. The molecule has 2 aromatic carbocycles. The highest BCUT2D eigenvalue weighted by atomic mass is 35.5. The van der Waals surface area contributed by atoms with Crippen LogP contribution in [0.5, 0.6) is 0 Å². The van der Waals surface area contributed by atoms with Crippen LogP contribution in [0.2, 0.25) is 5.02 Å². The van der Waals surface area contributed by atoms with Crippen LogP contribution in [0, 0.1) is 27.7 Å². The molecule has 34 heavy (non-hydrogen) atoms. The van der Waals surface area contributed by atoms with Gasteiger partial charge >= 0.3 is 0 Å². The predicted molar refractivity (Wildman–Crippen MR) is 144 cm³/mol. The summed E-state index contributed by atoms with van der Waals surface area (Å²) in [5.41, 5.74) is 9.24. The molecular weight excluding hydrogens is 460 g/mol. The van der Waals surface area contributed by atoms with E-state index in [-0.39, 0.29) is 12.1 Å². The zero-order valence-corrected chi connectivity index (χ0v) is 21.3. The lowest BCUT2D eigenvalue weighted by molar-refractivity contribution is 0.565. The Morgan fingerprint density at radius 3 is 2.24 bits per heavy atom. The molecule has 2 aromatic heterocycles. The Morgan fingerprint density at radius 1 is 0.882 bits per heavy atom. The Hall–Kier alpha value is -3.15. The average molecular weight is 487 g/mol. The first-order valence-corrected chi connectivity index (χ1v) is 12.2. The second-order valence-corrected chi connectivity index (χ2v) is 9.80. The fourth-order valence-corrected chi connectivity index (χ4v) is 5.59. The van der Waals surface area contributed by atoms with Crippen LogP contribution in [0.15, 0.2) is 72.9 Å². The molecule has 1 saturated heterocycles. The smallest absolute Gasteiger partial charge is 0.174 e. The van der Waals surface area contributed by atoms with E-state index in [1.54, 1.807) is 0 Å². The molecular formula is C28H27ClN4S. The van der Waals surface area contributed by atoms with Gasteiger partial charge in [0.15, 0.2) is 5.11 Å². The van der Waals surface area contributed by atoms with Gasteiger partial charge in [-0.2, -0.15) is 0 Å². The highest BCUT2D eigenvalue weighted by Crippen LogP contribution is 2.44. The molecule has 6 heteroatoms. The van der Waals surface area contributed by atoms with Gasteiger partial charge in [0.1, 0.15) is 0 Å². The second-order valence-electron chi connectivity index (χ2n) is 8.98.